The van der Waals surface area contributed by atoms with Crippen LogP contribution in [0.4, 0.5) is 19.3 Å². The number of hydrogen-bond donors (Lipinski definition) is 2. The van der Waals surface area contributed by atoms with Gasteiger partial charge in [0, 0.05) is 17.1 Å². The van der Waals surface area contributed by atoms with Crippen LogP contribution in [-0.4, -0.2) is 47.8 Å². The van der Waals surface area contributed by atoms with Crippen molar-refractivity contribution in [2.24, 2.45) is 0 Å². The van der Waals surface area contributed by atoms with Gasteiger partial charge in [-0.2, -0.15) is 0 Å². The molecule has 0 saturated carbocycles. The van der Waals surface area contributed by atoms with Crippen molar-refractivity contribution in [3.8, 4) is 0 Å². The van der Waals surface area contributed by atoms with Crippen LogP contribution in [0, 0.1) is 11.6 Å². The fourth-order valence-corrected chi connectivity index (χ4v) is 2.34. The largest absolute Gasteiger partial charge is 0.479 e. The van der Waals surface area contributed by atoms with Crippen molar-refractivity contribution in [2.75, 3.05) is 25.0 Å². The SMILES string of the molecule is O=C(O)C1CN(C(=O)Nc2c(F)cc(F)cc2Br)CCO1. The summed E-state index contributed by atoms with van der Waals surface area (Å²) in [5, 5.41) is 11.1. The fraction of sp³-hybridized carbons (Fsp3) is 0.333. The number of nitrogens with one attached hydrogen (secondary N) is 1. The number of hydrogen-bond acceptors (Lipinski definition) is 3. The lowest BCUT2D eigenvalue weighted by Gasteiger charge is -2.31. The first-order chi connectivity index (χ1) is 9.88. The van der Waals surface area contributed by atoms with Crippen molar-refractivity contribution in [1.29, 1.82) is 0 Å². The van der Waals surface area contributed by atoms with E-state index in [1.807, 2.05) is 0 Å². The van der Waals surface area contributed by atoms with E-state index >= 15 is 0 Å². The number of ether oxygens (including phenoxy) is 1. The zero-order valence-electron chi connectivity index (χ0n) is 10.6. The summed E-state index contributed by atoms with van der Waals surface area (Å²) in [7, 11) is 0. The second kappa shape index (κ2) is 6.35. The predicted octanol–water partition coefficient (Wildman–Crippen LogP) is 2.04. The van der Waals surface area contributed by atoms with Crippen LogP contribution in [0.25, 0.3) is 0 Å². The summed E-state index contributed by atoms with van der Waals surface area (Å²) < 4.78 is 31.6. The zero-order chi connectivity index (χ0) is 15.6. The second-order valence-corrected chi connectivity index (χ2v) is 5.17. The molecular weight excluding hydrogens is 354 g/mol. The molecule has 1 aromatic carbocycles. The molecule has 0 aliphatic carbocycles. The van der Waals surface area contributed by atoms with Gasteiger partial charge in [-0.05, 0) is 22.0 Å². The smallest absolute Gasteiger partial charge is 0.334 e. The number of anilines is 1. The zero-order valence-corrected chi connectivity index (χ0v) is 12.2. The van der Waals surface area contributed by atoms with Crippen LogP contribution >= 0.6 is 15.9 Å². The number of nitrogens with zero attached hydrogens (tertiary/aromatic N) is 1. The molecule has 1 aliphatic rings. The molecular formula is C12H11BrF2N2O4. The van der Waals surface area contributed by atoms with Crippen LogP contribution in [0.2, 0.25) is 0 Å². The van der Waals surface area contributed by atoms with Gasteiger partial charge in [-0.25, -0.2) is 18.4 Å². The molecule has 114 valence electrons. The van der Waals surface area contributed by atoms with Crippen molar-refractivity contribution in [3.05, 3.63) is 28.2 Å². The van der Waals surface area contributed by atoms with Crippen molar-refractivity contribution in [1.82, 2.24) is 4.90 Å². The van der Waals surface area contributed by atoms with E-state index in [0.29, 0.717) is 6.07 Å². The number of halogens is 3. The number of carboxylic acids is 1. The Morgan fingerprint density at radius 3 is 2.76 bits per heavy atom. The number of rotatable bonds is 2. The van der Waals surface area contributed by atoms with Gasteiger partial charge >= 0.3 is 12.0 Å². The Kier molecular flexibility index (Phi) is 4.73. The monoisotopic (exact) mass is 364 g/mol. The summed E-state index contributed by atoms with van der Waals surface area (Å²) in [6, 6.07) is 0.966. The molecule has 0 aromatic heterocycles. The summed E-state index contributed by atoms with van der Waals surface area (Å²) in [4.78, 5) is 24.0. The van der Waals surface area contributed by atoms with Gasteiger partial charge in [0.2, 0.25) is 0 Å². The molecule has 2 amide bonds. The molecule has 21 heavy (non-hydrogen) atoms. The quantitative estimate of drug-likeness (QED) is 0.841. The van der Waals surface area contributed by atoms with E-state index < -0.39 is 29.7 Å². The molecule has 1 aromatic rings. The van der Waals surface area contributed by atoms with E-state index in [0.717, 1.165) is 6.07 Å². The molecule has 1 atom stereocenters. The molecule has 2 N–H and O–H groups in total. The summed E-state index contributed by atoms with van der Waals surface area (Å²) >= 11 is 2.95. The molecule has 0 bridgehead atoms. The van der Waals surface area contributed by atoms with Gasteiger partial charge in [0.25, 0.3) is 0 Å². The fourth-order valence-electron chi connectivity index (χ4n) is 1.83. The summed E-state index contributed by atoms with van der Waals surface area (Å²) in [6.07, 6.45) is -1.12. The van der Waals surface area contributed by atoms with E-state index in [4.69, 9.17) is 9.84 Å². The minimum absolute atomic E-state index is 0.0522. The van der Waals surface area contributed by atoms with Crippen molar-refractivity contribution < 1.29 is 28.2 Å². The van der Waals surface area contributed by atoms with Gasteiger partial charge in [-0.15, -0.1) is 0 Å². The van der Waals surface area contributed by atoms with Crippen molar-refractivity contribution in [2.45, 2.75) is 6.10 Å². The predicted molar refractivity (Wildman–Crippen MR) is 72.0 cm³/mol. The van der Waals surface area contributed by atoms with E-state index in [2.05, 4.69) is 21.2 Å². The number of urea groups is 1. The Labute approximate surface area is 126 Å². The minimum Gasteiger partial charge on any atom is -0.479 e. The Hall–Kier alpha value is -1.74. The van der Waals surface area contributed by atoms with Gasteiger partial charge in [-0.3, -0.25) is 0 Å². The highest BCUT2D eigenvalue weighted by Gasteiger charge is 2.29. The third-order valence-electron chi connectivity index (χ3n) is 2.87. The van der Waals surface area contributed by atoms with Crippen LogP contribution in [0.5, 0.6) is 0 Å². The van der Waals surface area contributed by atoms with Crippen LogP contribution in [0.15, 0.2) is 16.6 Å². The van der Waals surface area contributed by atoms with E-state index in [9.17, 15) is 18.4 Å². The average molecular weight is 365 g/mol. The molecule has 0 spiro atoms. The maximum absolute atomic E-state index is 13.6. The third-order valence-corrected chi connectivity index (χ3v) is 3.49. The number of benzene rings is 1. The van der Waals surface area contributed by atoms with E-state index in [-0.39, 0.29) is 29.9 Å². The molecule has 1 aliphatic heterocycles. The van der Waals surface area contributed by atoms with Crippen LogP contribution < -0.4 is 5.32 Å². The number of amides is 2. The second-order valence-electron chi connectivity index (χ2n) is 4.32. The number of carboxylic acid groups (broad SMARTS) is 1. The summed E-state index contributed by atoms with van der Waals surface area (Å²) in [6.45, 7) is 0.0924. The highest BCUT2D eigenvalue weighted by molar-refractivity contribution is 9.10. The Morgan fingerprint density at radius 2 is 2.14 bits per heavy atom. The topological polar surface area (TPSA) is 78.9 Å². The number of morpholine rings is 1. The van der Waals surface area contributed by atoms with E-state index in [1.165, 1.54) is 4.90 Å². The summed E-state index contributed by atoms with van der Waals surface area (Å²) in [5.41, 5.74) is -0.209. The number of aliphatic carboxylic acids is 1. The Morgan fingerprint density at radius 1 is 1.43 bits per heavy atom. The van der Waals surface area contributed by atoms with Crippen molar-refractivity contribution in [3.63, 3.8) is 0 Å². The van der Waals surface area contributed by atoms with E-state index in [1.54, 1.807) is 0 Å². The van der Waals surface area contributed by atoms with Crippen molar-refractivity contribution >= 4 is 33.6 Å². The standard InChI is InChI=1S/C12H11BrF2N2O4/c13-7-3-6(14)4-8(15)10(7)16-12(20)17-1-2-21-9(5-17)11(18)19/h3-4,9H,1-2,5H2,(H,16,20)(H,18,19). The highest BCUT2D eigenvalue weighted by atomic mass is 79.9. The van der Waals surface area contributed by atoms with Crippen LogP contribution in [0.1, 0.15) is 0 Å². The minimum atomic E-state index is -1.18. The van der Waals surface area contributed by atoms with Gasteiger partial charge < -0.3 is 20.1 Å². The lowest BCUT2D eigenvalue weighted by Crippen LogP contribution is -2.50. The van der Waals surface area contributed by atoms with Gasteiger partial charge in [0.05, 0.1) is 18.8 Å². The lowest BCUT2D eigenvalue weighted by molar-refractivity contribution is -0.154. The van der Waals surface area contributed by atoms with Gasteiger partial charge in [0.15, 0.2) is 11.9 Å². The third kappa shape index (κ3) is 3.67. The highest BCUT2D eigenvalue weighted by Crippen LogP contribution is 2.27. The molecule has 0 radical (unpaired) electrons. The first-order valence-electron chi connectivity index (χ1n) is 5.93. The van der Waals surface area contributed by atoms with Crippen LogP contribution in [-0.2, 0) is 9.53 Å². The molecule has 9 heteroatoms. The molecule has 1 heterocycles. The first-order valence-corrected chi connectivity index (χ1v) is 6.72. The van der Waals surface area contributed by atoms with Gasteiger partial charge in [-0.1, -0.05) is 0 Å². The Balaban J connectivity index is 2.10. The Bertz CT molecular complexity index is 561. The number of carbonyl (C=O) groups is 2. The first kappa shape index (κ1) is 15.6. The van der Waals surface area contributed by atoms with Gasteiger partial charge in [0.1, 0.15) is 5.82 Å². The normalized spacial score (nSPS) is 18.4. The maximum Gasteiger partial charge on any atom is 0.334 e. The number of carbonyl (C=O) groups excluding carboxylic acids is 1. The molecule has 1 saturated heterocycles. The molecule has 2 rings (SSSR count). The molecule has 1 fully saturated rings. The lowest BCUT2D eigenvalue weighted by atomic mass is 10.2. The average Bonchev–Trinajstić information content (AvgIpc) is 2.42. The summed E-state index contributed by atoms with van der Waals surface area (Å²) in [5.74, 6) is -2.89. The molecule has 6 nitrogen and oxygen atoms in total. The molecule has 1 unspecified atom stereocenters. The maximum atomic E-state index is 13.6. The van der Waals surface area contributed by atoms with Crippen LogP contribution in [0.3, 0.4) is 0 Å².